The number of fused-ring (bicyclic) bond motifs is 3. The number of rotatable bonds is 6. The molecule has 4 heteroatoms. The molecule has 192 valence electrons. The van der Waals surface area contributed by atoms with Crippen LogP contribution in [0.25, 0.3) is 22.5 Å². The molecule has 1 aromatic heterocycles. The molecule has 2 unspecified atom stereocenters. The van der Waals surface area contributed by atoms with Gasteiger partial charge in [0.15, 0.2) is 0 Å². The zero-order valence-electron chi connectivity index (χ0n) is 22.7. The van der Waals surface area contributed by atoms with E-state index in [4.69, 9.17) is 4.98 Å². The number of allylic oxidation sites excluding steroid dienone is 2. The van der Waals surface area contributed by atoms with Crippen molar-refractivity contribution in [3.63, 3.8) is 0 Å². The Morgan fingerprint density at radius 2 is 1.74 bits per heavy atom. The van der Waals surface area contributed by atoms with Crippen molar-refractivity contribution in [1.82, 2.24) is 10.3 Å². The first-order valence-corrected chi connectivity index (χ1v) is 13.9. The average molecular weight is 501 g/mol. The third-order valence-electron chi connectivity index (χ3n) is 8.06. The lowest BCUT2D eigenvalue weighted by atomic mass is 9.80. The van der Waals surface area contributed by atoms with Gasteiger partial charge in [-0.05, 0) is 91.0 Å². The molecule has 0 bridgehead atoms. The summed E-state index contributed by atoms with van der Waals surface area (Å²) in [7, 11) is 0. The van der Waals surface area contributed by atoms with Gasteiger partial charge in [-0.1, -0.05) is 68.4 Å². The van der Waals surface area contributed by atoms with E-state index in [1.807, 2.05) is 0 Å². The topological polar surface area (TPSA) is 49.0 Å². The van der Waals surface area contributed by atoms with Gasteiger partial charge < -0.3 is 16.0 Å². The normalized spacial score (nSPS) is 18.4. The summed E-state index contributed by atoms with van der Waals surface area (Å²) < 4.78 is 0. The molecule has 4 aromatic rings. The number of anilines is 3. The number of hydrogen-bond donors (Lipinski definition) is 3. The maximum atomic E-state index is 5.11. The molecular formula is C34H36N4. The van der Waals surface area contributed by atoms with E-state index in [1.54, 1.807) is 0 Å². The molecule has 0 fully saturated rings. The second kappa shape index (κ2) is 10.0. The molecule has 0 saturated heterocycles. The van der Waals surface area contributed by atoms with Crippen molar-refractivity contribution >= 4 is 39.9 Å². The Morgan fingerprint density at radius 3 is 2.58 bits per heavy atom. The molecule has 3 N–H and O–H groups in total. The summed E-state index contributed by atoms with van der Waals surface area (Å²) in [5.41, 5.74) is 10.2. The van der Waals surface area contributed by atoms with Gasteiger partial charge in [0.1, 0.15) is 11.6 Å². The van der Waals surface area contributed by atoms with Crippen molar-refractivity contribution in [2.24, 2.45) is 0 Å². The lowest BCUT2D eigenvalue weighted by Gasteiger charge is -2.29. The van der Waals surface area contributed by atoms with E-state index in [-0.39, 0.29) is 6.04 Å². The van der Waals surface area contributed by atoms with E-state index in [0.717, 1.165) is 47.4 Å². The Labute approximate surface area is 225 Å². The van der Waals surface area contributed by atoms with Gasteiger partial charge in [0.2, 0.25) is 0 Å². The predicted octanol–water partition coefficient (Wildman–Crippen LogP) is 9.13. The van der Waals surface area contributed by atoms with Gasteiger partial charge in [-0.2, -0.15) is 0 Å². The second-order valence-corrected chi connectivity index (χ2v) is 10.6. The fourth-order valence-corrected chi connectivity index (χ4v) is 6.00. The van der Waals surface area contributed by atoms with Crippen molar-refractivity contribution in [1.29, 1.82) is 0 Å². The van der Waals surface area contributed by atoms with Gasteiger partial charge in [0.05, 0.1) is 0 Å². The average Bonchev–Trinajstić information content (AvgIpc) is 2.94. The first kappa shape index (κ1) is 24.3. The minimum Gasteiger partial charge on any atom is -0.382 e. The number of aromatic nitrogens is 1. The minimum atomic E-state index is 0.279. The van der Waals surface area contributed by atoms with E-state index in [0.29, 0.717) is 5.92 Å². The highest BCUT2D eigenvalue weighted by atomic mass is 15.1. The van der Waals surface area contributed by atoms with E-state index in [2.05, 4.69) is 123 Å². The van der Waals surface area contributed by atoms with Crippen molar-refractivity contribution in [2.45, 2.75) is 58.9 Å². The summed E-state index contributed by atoms with van der Waals surface area (Å²) in [4.78, 5) is 5.11. The zero-order chi connectivity index (χ0) is 26.2. The number of nitrogens with one attached hydrogen (secondary N) is 3. The van der Waals surface area contributed by atoms with Crippen LogP contribution in [0.1, 0.15) is 81.2 Å². The minimum absolute atomic E-state index is 0.279. The third-order valence-corrected chi connectivity index (χ3v) is 8.06. The molecule has 0 amide bonds. The van der Waals surface area contributed by atoms with E-state index < -0.39 is 0 Å². The summed E-state index contributed by atoms with van der Waals surface area (Å²) in [6, 6.07) is 26.3. The number of hydrogen-bond acceptors (Lipinski definition) is 4. The largest absolute Gasteiger partial charge is 0.382 e. The molecule has 0 spiro atoms. The Bertz CT molecular complexity index is 1580. The molecule has 2 heterocycles. The highest BCUT2D eigenvalue weighted by molar-refractivity contribution is 5.98. The van der Waals surface area contributed by atoms with Crippen LogP contribution in [-0.4, -0.2) is 4.98 Å². The smallest absolute Gasteiger partial charge is 0.140 e. The lowest BCUT2D eigenvalue weighted by Crippen LogP contribution is -2.22. The maximum Gasteiger partial charge on any atom is 0.140 e. The third kappa shape index (κ3) is 4.45. The highest BCUT2D eigenvalue weighted by Gasteiger charge is 2.24. The number of nitrogens with zero attached hydrogens (tertiary/aromatic N) is 1. The van der Waals surface area contributed by atoms with Crippen LogP contribution in [0.5, 0.6) is 0 Å². The molecule has 1 aliphatic heterocycles. The van der Waals surface area contributed by atoms with Gasteiger partial charge in [-0.15, -0.1) is 0 Å². The quantitative estimate of drug-likeness (QED) is 0.247. The van der Waals surface area contributed by atoms with E-state index in [9.17, 15) is 0 Å². The van der Waals surface area contributed by atoms with Gasteiger partial charge >= 0.3 is 0 Å². The Kier molecular flexibility index (Phi) is 6.40. The number of benzene rings is 3. The fourth-order valence-electron chi connectivity index (χ4n) is 6.00. The summed E-state index contributed by atoms with van der Waals surface area (Å²) in [5.74, 6) is 2.29. The van der Waals surface area contributed by atoms with Crippen LogP contribution >= 0.6 is 0 Å². The highest BCUT2D eigenvalue weighted by Crippen LogP contribution is 2.41. The molecule has 6 rings (SSSR count). The summed E-state index contributed by atoms with van der Waals surface area (Å²) in [6.07, 6.45) is 5.49. The van der Waals surface area contributed by atoms with Crippen molar-refractivity contribution in [2.75, 3.05) is 10.6 Å². The van der Waals surface area contributed by atoms with Gasteiger partial charge in [0, 0.05) is 34.1 Å². The van der Waals surface area contributed by atoms with E-state index >= 15 is 0 Å². The van der Waals surface area contributed by atoms with Gasteiger partial charge in [-0.25, -0.2) is 4.98 Å². The molecule has 0 saturated carbocycles. The van der Waals surface area contributed by atoms with E-state index in [1.165, 1.54) is 39.2 Å². The molecule has 3 aromatic carbocycles. The fraction of sp³-hybridized carbons (Fsp3) is 0.265. The van der Waals surface area contributed by atoms with Crippen LogP contribution in [0.3, 0.4) is 0 Å². The Morgan fingerprint density at radius 1 is 0.921 bits per heavy atom. The van der Waals surface area contributed by atoms with Crippen LogP contribution < -0.4 is 16.0 Å². The molecule has 0 radical (unpaired) electrons. The maximum absolute atomic E-state index is 5.11. The molecule has 2 aliphatic rings. The lowest BCUT2D eigenvalue weighted by molar-refractivity contribution is 0.629. The summed E-state index contributed by atoms with van der Waals surface area (Å²) >= 11 is 0. The van der Waals surface area contributed by atoms with Crippen molar-refractivity contribution in [3.05, 3.63) is 106 Å². The Balaban J connectivity index is 1.37. The predicted molar refractivity (Wildman–Crippen MR) is 162 cm³/mol. The molecular weight excluding hydrogens is 464 g/mol. The van der Waals surface area contributed by atoms with Crippen LogP contribution in [0.15, 0.2) is 84.1 Å². The molecule has 38 heavy (non-hydrogen) atoms. The van der Waals surface area contributed by atoms with Crippen molar-refractivity contribution < 1.29 is 0 Å². The zero-order valence-corrected chi connectivity index (χ0v) is 22.7. The summed E-state index contributed by atoms with van der Waals surface area (Å²) in [6.45, 7) is 8.96. The van der Waals surface area contributed by atoms with Crippen molar-refractivity contribution in [3.8, 4) is 0 Å². The molecule has 4 nitrogen and oxygen atoms in total. The first-order chi connectivity index (χ1) is 18.5. The monoisotopic (exact) mass is 500 g/mol. The number of pyridine rings is 1. The SMILES string of the molecule is CCC1=Cc2ccc(Nc3cc4ccccc4c(NC4=C(C)CC(CC)c5ccccc54)n3)cc2C(C)N1. The van der Waals surface area contributed by atoms with Crippen LogP contribution in [0, 0.1) is 0 Å². The second-order valence-electron chi connectivity index (χ2n) is 10.6. The van der Waals surface area contributed by atoms with Crippen LogP contribution in [0.2, 0.25) is 0 Å². The standard InChI is InChI=1S/C34H36N4/c1-5-23-17-21(3)33(30-14-10-9-12-28(23)30)38-34-29-13-8-7-11-24(29)19-32(37-34)36-27-16-15-25-18-26(6-2)35-22(4)31(25)20-27/h7-16,18-20,22-23,35H,5-6,17H2,1-4H3,(H2,36,37,38). The summed E-state index contributed by atoms with van der Waals surface area (Å²) in [5, 5.41) is 13.3. The van der Waals surface area contributed by atoms with Gasteiger partial charge in [-0.3, -0.25) is 0 Å². The van der Waals surface area contributed by atoms with Crippen LogP contribution in [-0.2, 0) is 0 Å². The van der Waals surface area contributed by atoms with Gasteiger partial charge in [0.25, 0.3) is 0 Å². The first-order valence-electron chi connectivity index (χ1n) is 13.9. The molecule has 1 aliphatic carbocycles. The van der Waals surface area contributed by atoms with Crippen LogP contribution in [0.4, 0.5) is 17.3 Å². The molecule has 2 atom stereocenters. The Hall–Kier alpha value is -4.05.